The highest BCUT2D eigenvalue weighted by Gasteiger charge is 2.11. The van der Waals surface area contributed by atoms with E-state index in [-0.39, 0.29) is 5.91 Å². The minimum Gasteiger partial charge on any atom is -0.397 e. The topological polar surface area (TPSA) is 85.8 Å². The van der Waals surface area contributed by atoms with Crippen molar-refractivity contribution in [2.45, 2.75) is 0 Å². The molecule has 0 atom stereocenters. The number of nitrogen functional groups attached to an aromatic ring is 1. The summed E-state index contributed by atoms with van der Waals surface area (Å²) in [5, 5.41) is 6.90. The standard InChI is InChI=1S/C8H9N5OS/c1-13-4-5(9)2-6(13)8(14)11-7-3-10-12-15-7/h2-4H,9H2,1H3,(H,11,14). The van der Waals surface area contributed by atoms with Crippen molar-refractivity contribution in [1.29, 1.82) is 0 Å². The van der Waals surface area contributed by atoms with E-state index in [1.165, 1.54) is 6.20 Å². The van der Waals surface area contributed by atoms with E-state index in [1.54, 1.807) is 23.9 Å². The minimum atomic E-state index is -0.222. The first kappa shape index (κ1) is 9.66. The second-order valence-corrected chi connectivity index (χ2v) is 3.79. The largest absolute Gasteiger partial charge is 0.397 e. The van der Waals surface area contributed by atoms with Crippen molar-refractivity contribution in [2.75, 3.05) is 11.1 Å². The Morgan fingerprint density at radius 1 is 1.67 bits per heavy atom. The monoisotopic (exact) mass is 223 g/mol. The Hall–Kier alpha value is -1.89. The molecular formula is C8H9N5OS. The van der Waals surface area contributed by atoms with E-state index in [0.29, 0.717) is 16.4 Å². The van der Waals surface area contributed by atoms with E-state index < -0.39 is 0 Å². The van der Waals surface area contributed by atoms with E-state index >= 15 is 0 Å². The Morgan fingerprint density at radius 2 is 2.47 bits per heavy atom. The molecular weight excluding hydrogens is 214 g/mol. The minimum absolute atomic E-state index is 0.222. The van der Waals surface area contributed by atoms with Gasteiger partial charge in [-0.25, -0.2) is 0 Å². The molecule has 0 saturated heterocycles. The number of aromatic nitrogens is 3. The lowest BCUT2D eigenvalue weighted by Gasteiger charge is -2.01. The number of nitrogens with zero attached hydrogens (tertiary/aromatic N) is 3. The van der Waals surface area contributed by atoms with Crippen LogP contribution in [0.25, 0.3) is 0 Å². The number of rotatable bonds is 2. The average Bonchev–Trinajstić information content (AvgIpc) is 2.75. The number of aryl methyl sites for hydroxylation is 1. The van der Waals surface area contributed by atoms with Crippen LogP contribution in [0, 0.1) is 0 Å². The van der Waals surface area contributed by atoms with Gasteiger partial charge in [-0.2, -0.15) is 0 Å². The first-order chi connectivity index (χ1) is 7.16. The van der Waals surface area contributed by atoms with Crippen molar-refractivity contribution < 1.29 is 4.79 Å². The third-order valence-electron chi connectivity index (χ3n) is 1.86. The number of anilines is 2. The van der Waals surface area contributed by atoms with Gasteiger partial charge in [0.15, 0.2) is 0 Å². The van der Waals surface area contributed by atoms with Crippen molar-refractivity contribution in [2.24, 2.45) is 7.05 Å². The lowest BCUT2D eigenvalue weighted by molar-refractivity contribution is 0.101. The molecule has 78 valence electrons. The summed E-state index contributed by atoms with van der Waals surface area (Å²) in [7, 11) is 1.76. The molecule has 2 heterocycles. The molecule has 0 aliphatic heterocycles. The molecule has 6 nitrogen and oxygen atoms in total. The molecule has 7 heteroatoms. The van der Waals surface area contributed by atoms with Crippen molar-refractivity contribution in [3.63, 3.8) is 0 Å². The highest BCUT2D eigenvalue weighted by Crippen LogP contribution is 2.13. The maximum atomic E-state index is 11.7. The van der Waals surface area contributed by atoms with Gasteiger partial charge in [0.1, 0.15) is 10.7 Å². The van der Waals surface area contributed by atoms with Gasteiger partial charge in [-0.1, -0.05) is 4.49 Å². The van der Waals surface area contributed by atoms with Gasteiger partial charge in [-0.05, 0) is 6.07 Å². The predicted molar refractivity (Wildman–Crippen MR) is 57.7 cm³/mol. The van der Waals surface area contributed by atoms with Crippen LogP contribution >= 0.6 is 11.5 Å². The molecule has 2 aromatic heterocycles. The summed E-state index contributed by atoms with van der Waals surface area (Å²) in [5.41, 5.74) is 6.63. The van der Waals surface area contributed by atoms with Gasteiger partial charge < -0.3 is 15.6 Å². The Balaban J connectivity index is 2.18. The normalized spacial score (nSPS) is 10.2. The molecule has 15 heavy (non-hydrogen) atoms. The molecule has 2 aromatic rings. The smallest absolute Gasteiger partial charge is 0.273 e. The number of hydrogen-bond acceptors (Lipinski definition) is 5. The summed E-state index contributed by atoms with van der Waals surface area (Å²) in [4.78, 5) is 11.7. The van der Waals surface area contributed by atoms with E-state index in [9.17, 15) is 4.79 Å². The Bertz CT molecular complexity index is 475. The van der Waals surface area contributed by atoms with Gasteiger partial charge in [0.05, 0.1) is 11.9 Å². The molecule has 0 aromatic carbocycles. The van der Waals surface area contributed by atoms with Crippen LogP contribution in [-0.4, -0.2) is 20.1 Å². The zero-order valence-electron chi connectivity index (χ0n) is 7.97. The first-order valence-electron chi connectivity index (χ1n) is 4.17. The summed E-state index contributed by atoms with van der Waals surface area (Å²) in [6.07, 6.45) is 3.18. The van der Waals surface area contributed by atoms with Gasteiger partial charge in [0.25, 0.3) is 5.91 Å². The highest BCUT2D eigenvalue weighted by atomic mass is 32.1. The molecule has 2 rings (SSSR count). The van der Waals surface area contributed by atoms with Gasteiger partial charge in [-0.3, -0.25) is 4.79 Å². The third kappa shape index (κ3) is 1.96. The zero-order chi connectivity index (χ0) is 10.8. The molecule has 1 amide bonds. The fraction of sp³-hybridized carbons (Fsp3) is 0.125. The van der Waals surface area contributed by atoms with Crippen molar-refractivity contribution in [1.82, 2.24) is 14.2 Å². The lowest BCUT2D eigenvalue weighted by atomic mass is 10.4. The van der Waals surface area contributed by atoms with Crippen LogP contribution in [-0.2, 0) is 7.05 Å². The maximum absolute atomic E-state index is 11.7. The quantitative estimate of drug-likeness (QED) is 0.785. The molecule has 0 saturated carbocycles. The van der Waals surface area contributed by atoms with E-state index in [4.69, 9.17) is 5.73 Å². The Morgan fingerprint density at radius 3 is 3.00 bits per heavy atom. The third-order valence-corrected chi connectivity index (χ3v) is 2.44. The number of carbonyl (C=O) groups is 1. The number of amides is 1. The predicted octanol–water partition coefficient (Wildman–Crippen LogP) is 0.711. The fourth-order valence-electron chi connectivity index (χ4n) is 1.21. The summed E-state index contributed by atoms with van der Waals surface area (Å²) in [5.74, 6) is -0.222. The molecule has 0 unspecified atom stereocenters. The summed E-state index contributed by atoms with van der Waals surface area (Å²) >= 11 is 1.13. The fourth-order valence-corrected chi connectivity index (χ4v) is 1.63. The van der Waals surface area contributed by atoms with Crippen LogP contribution < -0.4 is 11.1 Å². The van der Waals surface area contributed by atoms with E-state index in [0.717, 1.165) is 11.5 Å². The van der Waals surface area contributed by atoms with Gasteiger partial charge in [0.2, 0.25) is 0 Å². The van der Waals surface area contributed by atoms with E-state index in [1.807, 2.05) is 0 Å². The van der Waals surface area contributed by atoms with Gasteiger partial charge in [-0.15, -0.1) is 5.10 Å². The maximum Gasteiger partial charge on any atom is 0.273 e. The summed E-state index contributed by atoms with van der Waals surface area (Å²) in [6, 6.07) is 1.61. The molecule has 0 radical (unpaired) electrons. The van der Waals surface area contributed by atoms with Crippen LogP contribution in [0.5, 0.6) is 0 Å². The van der Waals surface area contributed by atoms with E-state index in [2.05, 4.69) is 14.9 Å². The van der Waals surface area contributed by atoms with Crippen LogP contribution in [0.4, 0.5) is 10.7 Å². The number of nitrogens with two attached hydrogens (primary N) is 1. The van der Waals surface area contributed by atoms with Crippen molar-refractivity contribution in [3.05, 3.63) is 24.2 Å². The SMILES string of the molecule is Cn1cc(N)cc1C(=O)Nc1cnns1. The second kappa shape index (κ2) is 3.70. The second-order valence-electron chi connectivity index (χ2n) is 3.01. The average molecular weight is 223 g/mol. The number of hydrogen-bond donors (Lipinski definition) is 2. The Kier molecular flexibility index (Phi) is 2.38. The molecule has 0 aliphatic carbocycles. The molecule has 0 bridgehead atoms. The van der Waals surface area contributed by atoms with Crippen LogP contribution in [0.3, 0.4) is 0 Å². The van der Waals surface area contributed by atoms with Gasteiger partial charge in [0, 0.05) is 24.8 Å². The summed E-state index contributed by atoms with van der Waals surface area (Å²) in [6.45, 7) is 0. The molecule has 3 N–H and O–H groups in total. The summed E-state index contributed by atoms with van der Waals surface area (Å²) < 4.78 is 5.31. The molecule has 0 aliphatic rings. The Labute approximate surface area is 89.9 Å². The van der Waals surface area contributed by atoms with Crippen LogP contribution in [0.1, 0.15) is 10.5 Å². The number of carbonyl (C=O) groups excluding carboxylic acids is 1. The van der Waals surface area contributed by atoms with Crippen LogP contribution in [0.2, 0.25) is 0 Å². The van der Waals surface area contributed by atoms with Gasteiger partial charge >= 0.3 is 0 Å². The molecule has 0 fully saturated rings. The molecule has 0 spiro atoms. The lowest BCUT2D eigenvalue weighted by Crippen LogP contribution is -2.14. The van der Waals surface area contributed by atoms with Crippen molar-refractivity contribution >= 4 is 28.1 Å². The number of nitrogens with one attached hydrogen (secondary N) is 1. The highest BCUT2D eigenvalue weighted by molar-refractivity contribution is 7.10. The van der Waals surface area contributed by atoms with Crippen molar-refractivity contribution in [3.8, 4) is 0 Å². The first-order valence-corrected chi connectivity index (χ1v) is 4.94. The van der Waals surface area contributed by atoms with Crippen LogP contribution in [0.15, 0.2) is 18.5 Å². The zero-order valence-corrected chi connectivity index (χ0v) is 8.78.